The van der Waals surface area contributed by atoms with Crippen LogP contribution in [0.25, 0.3) is 0 Å². The van der Waals surface area contributed by atoms with Gasteiger partial charge in [0.15, 0.2) is 11.5 Å². The third-order valence-corrected chi connectivity index (χ3v) is 3.66. The lowest BCUT2D eigenvalue weighted by Crippen LogP contribution is -2.34. The highest BCUT2D eigenvalue weighted by Gasteiger charge is 2.33. The number of rotatable bonds is 4. The molecule has 4 heteroatoms. The molecular formula is C15H21ClO3. The van der Waals surface area contributed by atoms with Gasteiger partial charge in [0, 0.05) is 12.3 Å². The van der Waals surface area contributed by atoms with Crippen LogP contribution < -0.4 is 9.47 Å². The molecule has 1 aliphatic heterocycles. The molecule has 0 saturated carbocycles. The summed E-state index contributed by atoms with van der Waals surface area (Å²) in [6.07, 6.45) is 1.69. The Labute approximate surface area is 119 Å². The van der Waals surface area contributed by atoms with E-state index in [0.717, 1.165) is 29.9 Å². The molecule has 0 spiro atoms. The molecule has 0 unspecified atom stereocenters. The van der Waals surface area contributed by atoms with Crippen LogP contribution in [-0.4, -0.2) is 25.7 Å². The molecule has 19 heavy (non-hydrogen) atoms. The molecule has 2 rings (SSSR count). The second-order valence-corrected chi connectivity index (χ2v) is 5.80. The van der Waals surface area contributed by atoms with Gasteiger partial charge < -0.3 is 14.2 Å². The molecule has 0 radical (unpaired) electrons. The van der Waals surface area contributed by atoms with Gasteiger partial charge in [-0.15, -0.1) is 11.6 Å². The van der Waals surface area contributed by atoms with Crippen molar-refractivity contribution >= 4 is 11.6 Å². The first kappa shape index (κ1) is 14.5. The monoisotopic (exact) mass is 284 g/mol. The number of halogens is 1. The fourth-order valence-corrected chi connectivity index (χ4v) is 2.85. The standard InChI is InChI=1S/C15H21ClO3/c1-15(2)9-10-7-13(17-3)14(18-4)8-11(10)12(19-15)5-6-16/h7-8,12H,5-6,9H2,1-4H3/t12-/m1/s1. The summed E-state index contributed by atoms with van der Waals surface area (Å²) in [5.74, 6) is 2.09. The predicted octanol–water partition coefficient (Wildman–Crippen LogP) is 3.73. The van der Waals surface area contributed by atoms with Crippen molar-refractivity contribution in [2.45, 2.75) is 38.4 Å². The van der Waals surface area contributed by atoms with Gasteiger partial charge in [-0.3, -0.25) is 0 Å². The highest BCUT2D eigenvalue weighted by atomic mass is 35.5. The number of hydrogen-bond donors (Lipinski definition) is 0. The van der Waals surface area contributed by atoms with Gasteiger partial charge in [-0.05, 0) is 43.5 Å². The van der Waals surface area contributed by atoms with E-state index in [2.05, 4.69) is 19.9 Å². The number of methoxy groups -OCH3 is 2. The third kappa shape index (κ3) is 2.98. The number of fused-ring (bicyclic) bond motifs is 1. The van der Waals surface area contributed by atoms with Crippen molar-refractivity contribution in [3.8, 4) is 11.5 Å². The summed E-state index contributed by atoms with van der Waals surface area (Å²) >= 11 is 5.89. The highest BCUT2D eigenvalue weighted by molar-refractivity contribution is 6.17. The Morgan fingerprint density at radius 2 is 1.89 bits per heavy atom. The van der Waals surface area contributed by atoms with Gasteiger partial charge in [0.1, 0.15) is 0 Å². The first-order chi connectivity index (χ1) is 9.00. The first-order valence-electron chi connectivity index (χ1n) is 6.49. The van der Waals surface area contributed by atoms with Gasteiger partial charge in [-0.2, -0.15) is 0 Å². The Morgan fingerprint density at radius 3 is 2.47 bits per heavy atom. The van der Waals surface area contributed by atoms with Crippen LogP contribution in [0.15, 0.2) is 12.1 Å². The zero-order valence-corrected chi connectivity index (χ0v) is 12.7. The topological polar surface area (TPSA) is 27.7 Å². The second-order valence-electron chi connectivity index (χ2n) is 5.43. The summed E-state index contributed by atoms with van der Waals surface area (Å²) in [4.78, 5) is 0. The third-order valence-electron chi connectivity index (χ3n) is 3.44. The lowest BCUT2D eigenvalue weighted by Gasteiger charge is -2.38. The zero-order chi connectivity index (χ0) is 14.0. The summed E-state index contributed by atoms with van der Waals surface area (Å²) in [6, 6.07) is 4.07. The summed E-state index contributed by atoms with van der Waals surface area (Å²) < 4.78 is 16.9. The quantitative estimate of drug-likeness (QED) is 0.789. The molecule has 1 aliphatic rings. The van der Waals surface area contributed by atoms with Crippen molar-refractivity contribution in [3.63, 3.8) is 0 Å². The number of hydrogen-bond acceptors (Lipinski definition) is 3. The Bertz CT molecular complexity index is 457. The van der Waals surface area contributed by atoms with Gasteiger partial charge in [-0.25, -0.2) is 0 Å². The number of alkyl halides is 1. The molecule has 1 aromatic carbocycles. The molecule has 1 atom stereocenters. The minimum absolute atomic E-state index is 0.0241. The van der Waals surface area contributed by atoms with Gasteiger partial charge in [0.05, 0.1) is 25.9 Å². The average Bonchev–Trinajstić information content (AvgIpc) is 2.36. The highest BCUT2D eigenvalue weighted by Crippen LogP contribution is 2.42. The molecule has 0 saturated heterocycles. The van der Waals surface area contributed by atoms with Crippen molar-refractivity contribution in [1.82, 2.24) is 0 Å². The summed E-state index contributed by atoms with van der Waals surface area (Å²) in [7, 11) is 3.30. The van der Waals surface area contributed by atoms with Crippen molar-refractivity contribution in [3.05, 3.63) is 23.3 Å². The maximum atomic E-state index is 6.13. The first-order valence-corrected chi connectivity index (χ1v) is 7.03. The SMILES string of the molecule is COc1cc2c(cc1OC)[C@@H](CCCl)OC(C)(C)C2. The van der Waals surface area contributed by atoms with E-state index in [-0.39, 0.29) is 11.7 Å². The van der Waals surface area contributed by atoms with Crippen LogP contribution in [0.2, 0.25) is 0 Å². The van der Waals surface area contributed by atoms with Crippen molar-refractivity contribution in [2.75, 3.05) is 20.1 Å². The van der Waals surface area contributed by atoms with E-state index >= 15 is 0 Å². The largest absolute Gasteiger partial charge is 0.493 e. The van der Waals surface area contributed by atoms with Crippen LogP contribution in [0.5, 0.6) is 11.5 Å². The Morgan fingerprint density at radius 1 is 1.26 bits per heavy atom. The summed E-state index contributed by atoms with van der Waals surface area (Å²) in [6.45, 7) is 4.21. The Kier molecular flexibility index (Phi) is 4.26. The molecular weight excluding hydrogens is 264 g/mol. The molecule has 3 nitrogen and oxygen atoms in total. The van der Waals surface area contributed by atoms with E-state index < -0.39 is 0 Å². The molecule has 1 heterocycles. The smallest absolute Gasteiger partial charge is 0.161 e. The second kappa shape index (κ2) is 5.59. The lowest BCUT2D eigenvalue weighted by molar-refractivity contribution is -0.0857. The van der Waals surface area contributed by atoms with E-state index in [4.69, 9.17) is 25.8 Å². The Balaban J connectivity index is 2.47. The van der Waals surface area contributed by atoms with E-state index in [1.54, 1.807) is 14.2 Å². The van der Waals surface area contributed by atoms with Crippen molar-refractivity contribution < 1.29 is 14.2 Å². The number of benzene rings is 1. The molecule has 0 aliphatic carbocycles. The molecule has 106 valence electrons. The van der Waals surface area contributed by atoms with E-state index in [0.29, 0.717) is 5.88 Å². The van der Waals surface area contributed by atoms with Gasteiger partial charge in [0.2, 0.25) is 0 Å². The minimum atomic E-state index is -0.177. The van der Waals surface area contributed by atoms with Crippen LogP contribution in [-0.2, 0) is 11.2 Å². The van der Waals surface area contributed by atoms with Crippen molar-refractivity contribution in [2.24, 2.45) is 0 Å². The van der Waals surface area contributed by atoms with Gasteiger partial charge >= 0.3 is 0 Å². The van der Waals surface area contributed by atoms with Gasteiger partial charge in [0.25, 0.3) is 0 Å². The normalized spacial score (nSPS) is 20.8. The predicted molar refractivity (Wildman–Crippen MR) is 76.5 cm³/mol. The van der Waals surface area contributed by atoms with Crippen LogP contribution in [0.4, 0.5) is 0 Å². The molecule has 0 aromatic heterocycles. The van der Waals surface area contributed by atoms with E-state index in [9.17, 15) is 0 Å². The van der Waals surface area contributed by atoms with E-state index in [1.165, 1.54) is 5.56 Å². The number of ether oxygens (including phenoxy) is 3. The average molecular weight is 285 g/mol. The Hall–Kier alpha value is -0.930. The van der Waals surface area contributed by atoms with Crippen LogP contribution >= 0.6 is 11.6 Å². The lowest BCUT2D eigenvalue weighted by atomic mass is 9.87. The molecule has 1 aromatic rings. The summed E-state index contributed by atoms with van der Waals surface area (Å²) in [5, 5.41) is 0. The maximum Gasteiger partial charge on any atom is 0.161 e. The van der Waals surface area contributed by atoms with Crippen LogP contribution in [0.3, 0.4) is 0 Å². The molecule has 0 amide bonds. The molecule has 0 fully saturated rings. The zero-order valence-electron chi connectivity index (χ0n) is 12.0. The molecule has 0 bridgehead atoms. The molecule has 0 N–H and O–H groups in total. The maximum absolute atomic E-state index is 6.13. The van der Waals surface area contributed by atoms with Crippen LogP contribution in [0.1, 0.15) is 37.5 Å². The van der Waals surface area contributed by atoms with Crippen molar-refractivity contribution in [1.29, 1.82) is 0 Å². The van der Waals surface area contributed by atoms with E-state index in [1.807, 2.05) is 6.07 Å². The fraction of sp³-hybridized carbons (Fsp3) is 0.600. The summed E-state index contributed by atoms with van der Waals surface area (Å²) in [5.41, 5.74) is 2.24. The van der Waals surface area contributed by atoms with Gasteiger partial charge in [-0.1, -0.05) is 0 Å². The minimum Gasteiger partial charge on any atom is -0.493 e. The van der Waals surface area contributed by atoms with Crippen LogP contribution in [0, 0.1) is 0 Å². The fourth-order valence-electron chi connectivity index (χ4n) is 2.65.